The standard InChI is InChI=1S/C29H37NO6/c1-21(23-3-5-24(6-4-23)27(31)33-2)30-28(32)29(14-19-35-20-15-29)25-7-9-26(10-8-25)36-18-13-22-11-16-34-17-12-22/h3-10,21-22H,11-20H2,1-2H3,(H,30,32)/t21-/m0/s1. The van der Waals surface area contributed by atoms with Crippen LogP contribution in [0.25, 0.3) is 0 Å². The Morgan fingerprint density at radius 3 is 2.25 bits per heavy atom. The molecule has 0 saturated carbocycles. The Kier molecular flexibility index (Phi) is 8.99. The molecule has 7 nitrogen and oxygen atoms in total. The molecule has 0 radical (unpaired) electrons. The van der Waals surface area contributed by atoms with Gasteiger partial charge in [-0.3, -0.25) is 4.79 Å². The Bertz CT molecular complexity index is 991. The first kappa shape index (κ1) is 26.2. The second-order valence-electron chi connectivity index (χ2n) is 9.72. The maximum atomic E-state index is 13.7. The van der Waals surface area contributed by atoms with Crippen LogP contribution in [0.15, 0.2) is 48.5 Å². The van der Waals surface area contributed by atoms with Crippen molar-refractivity contribution in [3.05, 3.63) is 65.2 Å². The van der Waals surface area contributed by atoms with Crippen LogP contribution in [0.3, 0.4) is 0 Å². The largest absolute Gasteiger partial charge is 0.494 e. The number of carbonyl (C=O) groups excluding carboxylic acids is 2. The van der Waals surface area contributed by atoms with Gasteiger partial charge in [-0.05, 0) is 80.3 Å². The van der Waals surface area contributed by atoms with E-state index in [0.29, 0.717) is 44.1 Å². The number of esters is 1. The van der Waals surface area contributed by atoms with Gasteiger partial charge in [-0.15, -0.1) is 0 Å². The van der Waals surface area contributed by atoms with Gasteiger partial charge in [0.25, 0.3) is 0 Å². The fourth-order valence-corrected chi connectivity index (χ4v) is 5.06. The van der Waals surface area contributed by atoms with E-state index < -0.39 is 5.41 Å². The highest BCUT2D eigenvalue weighted by atomic mass is 16.5. The van der Waals surface area contributed by atoms with E-state index in [1.165, 1.54) is 7.11 Å². The summed E-state index contributed by atoms with van der Waals surface area (Å²) in [4.78, 5) is 25.4. The minimum atomic E-state index is -0.654. The van der Waals surface area contributed by atoms with Crippen molar-refractivity contribution in [1.82, 2.24) is 5.32 Å². The van der Waals surface area contributed by atoms with E-state index in [1.807, 2.05) is 43.3 Å². The molecular formula is C29H37NO6. The first-order valence-corrected chi connectivity index (χ1v) is 12.9. The number of hydrogen-bond acceptors (Lipinski definition) is 6. The van der Waals surface area contributed by atoms with Crippen LogP contribution >= 0.6 is 0 Å². The Hall–Kier alpha value is -2.90. The molecule has 2 heterocycles. The fraction of sp³-hybridized carbons (Fsp3) is 0.517. The summed E-state index contributed by atoms with van der Waals surface area (Å²) in [6, 6.07) is 14.9. The molecule has 2 saturated heterocycles. The van der Waals surface area contributed by atoms with Gasteiger partial charge in [-0.25, -0.2) is 4.79 Å². The molecule has 0 aliphatic carbocycles. The molecule has 0 aromatic heterocycles. The highest BCUT2D eigenvalue weighted by Crippen LogP contribution is 2.37. The van der Waals surface area contributed by atoms with Crippen molar-refractivity contribution >= 4 is 11.9 Å². The second kappa shape index (κ2) is 12.4. The SMILES string of the molecule is COC(=O)c1ccc([C@H](C)NC(=O)C2(c3ccc(OCCC4CCOCC4)cc3)CCOCC2)cc1. The monoisotopic (exact) mass is 495 g/mol. The summed E-state index contributed by atoms with van der Waals surface area (Å²) in [5, 5.41) is 3.20. The lowest BCUT2D eigenvalue weighted by Crippen LogP contribution is -2.48. The molecular weight excluding hydrogens is 458 g/mol. The summed E-state index contributed by atoms with van der Waals surface area (Å²) in [7, 11) is 1.36. The summed E-state index contributed by atoms with van der Waals surface area (Å²) >= 11 is 0. The number of rotatable bonds is 9. The third-order valence-electron chi connectivity index (χ3n) is 7.50. The molecule has 0 bridgehead atoms. The zero-order chi connectivity index (χ0) is 25.4. The van der Waals surface area contributed by atoms with E-state index in [-0.39, 0.29) is 17.9 Å². The number of methoxy groups -OCH3 is 1. The van der Waals surface area contributed by atoms with Gasteiger partial charge in [0, 0.05) is 26.4 Å². The summed E-state index contributed by atoms with van der Waals surface area (Å²) in [6.45, 7) is 5.43. The van der Waals surface area contributed by atoms with Crippen molar-refractivity contribution in [3.63, 3.8) is 0 Å². The molecule has 1 amide bonds. The third kappa shape index (κ3) is 6.26. The molecule has 0 spiro atoms. The van der Waals surface area contributed by atoms with Gasteiger partial charge < -0.3 is 24.3 Å². The maximum absolute atomic E-state index is 13.7. The van der Waals surface area contributed by atoms with Crippen LogP contribution in [0.5, 0.6) is 5.75 Å². The van der Waals surface area contributed by atoms with E-state index in [0.717, 1.165) is 49.4 Å². The van der Waals surface area contributed by atoms with Crippen LogP contribution in [0.1, 0.15) is 66.6 Å². The Morgan fingerprint density at radius 1 is 0.972 bits per heavy atom. The third-order valence-corrected chi connectivity index (χ3v) is 7.50. The van der Waals surface area contributed by atoms with Crippen molar-refractivity contribution in [2.45, 2.75) is 50.5 Å². The molecule has 2 aromatic carbocycles. The van der Waals surface area contributed by atoms with Crippen LogP contribution in [0, 0.1) is 5.92 Å². The molecule has 2 aromatic rings. The minimum absolute atomic E-state index is 0.0106. The molecule has 2 fully saturated rings. The maximum Gasteiger partial charge on any atom is 0.337 e. The Morgan fingerprint density at radius 2 is 1.61 bits per heavy atom. The van der Waals surface area contributed by atoms with Crippen molar-refractivity contribution in [1.29, 1.82) is 0 Å². The molecule has 2 aliphatic heterocycles. The first-order chi connectivity index (χ1) is 17.5. The predicted molar refractivity (Wildman–Crippen MR) is 136 cm³/mol. The summed E-state index contributed by atoms with van der Waals surface area (Å²) in [6.07, 6.45) is 4.49. The van der Waals surface area contributed by atoms with Crippen molar-refractivity contribution < 1.29 is 28.5 Å². The quantitative estimate of drug-likeness (QED) is 0.512. The molecule has 4 rings (SSSR count). The van der Waals surface area contributed by atoms with Crippen molar-refractivity contribution in [2.75, 3.05) is 40.1 Å². The normalized spacial score (nSPS) is 18.7. The van der Waals surface area contributed by atoms with Crippen LogP contribution in [-0.4, -0.2) is 52.0 Å². The number of ether oxygens (including phenoxy) is 4. The minimum Gasteiger partial charge on any atom is -0.494 e. The molecule has 194 valence electrons. The van der Waals surface area contributed by atoms with Gasteiger partial charge in [0.15, 0.2) is 0 Å². The molecule has 7 heteroatoms. The van der Waals surface area contributed by atoms with E-state index in [2.05, 4.69) is 5.32 Å². The smallest absolute Gasteiger partial charge is 0.337 e. The number of benzene rings is 2. The summed E-state index contributed by atoms with van der Waals surface area (Å²) in [5.74, 6) is 1.11. The van der Waals surface area contributed by atoms with E-state index in [1.54, 1.807) is 12.1 Å². The first-order valence-electron chi connectivity index (χ1n) is 12.9. The van der Waals surface area contributed by atoms with Crippen molar-refractivity contribution in [2.24, 2.45) is 5.92 Å². The average Bonchev–Trinajstić information content (AvgIpc) is 2.94. The van der Waals surface area contributed by atoms with Crippen LogP contribution < -0.4 is 10.1 Å². The number of amides is 1. The second-order valence-corrected chi connectivity index (χ2v) is 9.72. The van der Waals surface area contributed by atoms with Crippen LogP contribution in [-0.2, 0) is 24.4 Å². The van der Waals surface area contributed by atoms with Gasteiger partial charge in [-0.2, -0.15) is 0 Å². The molecule has 1 atom stereocenters. The topological polar surface area (TPSA) is 83.1 Å². The van der Waals surface area contributed by atoms with Gasteiger partial charge in [0.1, 0.15) is 5.75 Å². The Balaban J connectivity index is 1.40. The number of nitrogens with one attached hydrogen (secondary N) is 1. The summed E-state index contributed by atoms with van der Waals surface area (Å²) in [5.41, 5.74) is 1.73. The molecule has 0 unspecified atom stereocenters. The van der Waals surface area contributed by atoms with E-state index >= 15 is 0 Å². The summed E-state index contributed by atoms with van der Waals surface area (Å²) < 4.78 is 21.8. The van der Waals surface area contributed by atoms with Gasteiger partial charge in [0.05, 0.1) is 30.7 Å². The molecule has 1 N–H and O–H groups in total. The van der Waals surface area contributed by atoms with E-state index in [9.17, 15) is 9.59 Å². The lowest BCUT2D eigenvalue weighted by Gasteiger charge is -2.37. The van der Waals surface area contributed by atoms with Crippen LogP contribution in [0.2, 0.25) is 0 Å². The number of hydrogen-bond donors (Lipinski definition) is 1. The van der Waals surface area contributed by atoms with Gasteiger partial charge >= 0.3 is 5.97 Å². The van der Waals surface area contributed by atoms with Gasteiger partial charge in [0.2, 0.25) is 5.91 Å². The molecule has 2 aliphatic rings. The van der Waals surface area contributed by atoms with Crippen molar-refractivity contribution in [3.8, 4) is 5.75 Å². The van der Waals surface area contributed by atoms with Gasteiger partial charge in [-0.1, -0.05) is 24.3 Å². The lowest BCUT2D eigenvalue weighted by atomic mass is 9.73. The fourth-order valence-electron chi connectivity index (χ4n) is 5.06. The predicted octanol–water partition coefficient (Wildman–Crippen LogP) is 4.59. The highest BCUT2D eigenvalue weighted by Gasteiger charge is 2.42. The zero-order valence-corrected chi connectivity index (χ0v) is 21.3. The highest BCUT2D eigenvalue weighted by molar-refractivity contribution is 5.90. The Labute approximate surface area is 213 Å². The zero-order valence-electron chi connectivity index (χ0n) is 21.3. The lowest BCUT2D eigenvalue weighted by molar-refractivity contribution is -0.131. The van der Waals surface area contributed by atoms with Crippen LogP contribution in [0.4, 0.5) is 0 Å². The average molecular weight is 496 g/mol. The number of carbonyl (C=O) groups is 2. The molecule has 36 heavy (non-hydrogen) atoms. The van der Waals surface area contributed by atoms with E-state index in [4.69, 9.17) is 18.9 Å².